The molecule has 0 radical (unpaired) electrons. The molecule has 6 heteroatoms. The van der Waals surface area contributed by atoms with Crippen molar-refractivity contribution < 1.29 is 9.00 Å². The predicted molar refractivity (Wildman–Crippen MR) is 82.3 cm³/mol. The zero-order valence-electron chi connectivity index (χ0n) is 11.1. The average molecular weight is 347 g/mol. The third-order valence-electron chi connectivity index (χ3n) is 2.69. The van der Waals surface area contributed by atoms with Crippen LogP contribution in [0.5, 0.6) is 0 Å². The highest BCUT2D eigenvalue weighted by atomic mass is 79.9. The molecule has 0 saturated heterocycles. The Bertz CT molecular complexity index is 480. The van der Waals surface area contributed by atoms with Gasteiger partial charge in [-0.1, -0.05) is 13.3 Å². The molecule has 2 atom stereocenters. The lowest BCUT2D eigenvalue weighted by atomic mass is 10.3. The van der Waals surface area contributed by atoms with Gasteiger partial charge in [-0.2, -0.15) is 0 Å². The monoisotopic (exact) mass is 346 g/mol. The number of carbonyl (C=O) groups is 1. The van der Waals surface area contributed by atoms with Crippen LogP contribution in [-0.2, 0) is 15.6 Å². The number of halogens is 1. The van der Waals surface area contributed by atoms with Gasteiger partial charge in [0.05, 0.1) is 15.7 Å². The fourth-order valence-electron chi connectivity index (χ4n) is 1.50. The number of rotatable bonds is 6. The molecule has 0 aliphatic carbocycles. The molecule has 0 saturated carbocycles. The second kappa shape index (κ2) is 7.65. The number of carbonyl (C=O) groups excluding carboxylic acids is 1. The minimum atomic E-state index is -1.40. The van der Waals surface area contributed by atoms with Crippen LogP contribution in [0.1, 0.15) is 26.7 Å². The molecule has 0 bridgehead atoms. The molecule has 4 nitrogen and oxygen atoms in total. The molecule has 1 amide bonds. The minimum absolute atomic E-state index is 0.185. The first-order chi connectivity index (χ1) is 8.97. The molecule has 106 valence electrons. The molecule has 0 heterocycles. The van der Waals surface area contributed by atoms with E-state index in [1.54, 1.807) is 25.1 Å². The van der Waals surface area contributed by atoms with Crippen molar-refractivity contribution in [2.45, 2.75) is 36.8 Å². The van der Waals surface area contributed by atoms with Crippen LogP contribution in [0.3, 0.4) is 0 Å². The molecule has 19 heavy (non-hydrogen) atoms. The fourth-order valence-corrected chi connectivity index (χ4v) is 3.49. The van der Waals surface area contributed by atoms with Crippen molar-refractivity contribution in [2.24, 2.45) is 0 Å². The van der Waals surface area contributed by atoms with Crippen LogP contribution in [0.2, 0.25) is 0 Å². The number of nitrogens with one attached hydrogen (secondary N) is 1. The van der Waals surface area contributed by atoms with Crippen LogP contribution in [0.25, 0.3) is 0 Å². The molecule has 0 fully saturated rings. The summed E-state index contributed by atoms with van der Waals surface area (Å²) in [5.41, 5.74) is 6.23. The van der Waals surface area contributed by atoms with E-state index < -0.39 is 16.0 Å². The number of amides is 1. The standard InChI is InChI=1S/C13H19BrN2O2S/c1-3-4-7-16-13(17)9(2)19(18)12-6-5-10(15)8-11(12)14/h5-6,8-9H,3-4,7,15H2,1-2H3,(H,16,17). The second-order valence-electron chi connectivity index (χ2n) is 4.27. The van der Waals surface area contributed by atoms with E-state index in [-0.39, 0.29) is 5.91 Å². The van der Waals surface area contributed by atoms with Crippen LogP contribution in [0.4, 0.5) is 5.69 Å². The number of hydrogen-bond acceptors (Lipinski definition) is 3. The summed E-state index contributed by atoms with van der Waals surface area (Å²) in [6.07, 6.45) is 1.94. The molecular weight excluding hydrogens is 328 g/mol. The topological polar surface area (TPSA) is 72.2 Å². The van der Waals surface area contributed by atoms with E-state index in [2.05, 4.69) is 28.2 Å². The first kappa shape index (κ1) is 16.2. The second-order valence-corrected chi connectivity index (χ2v) is 6.87. The number of anilines is 1. The number of nitrogens with two attached hydrogens (primary N) is 1. The van der Waals surface area contributed by atoms with Gasteiger partial charge in [-0.15, -0.1) is 0 Å². The Labute approximate surface area is 124 Å². The van der Waals surface area contributed by atoms with Crippen LogP contribution in [0, 0.1) is 0 Å². The van der Waals surface area contributed by atoms with Gasteiger partial charge in [-0.3, -0.25) is 9.00 Å². The highest BCUT2D eigenvalue weighted by Crippen LogP contribution is 2.24. The Morgan fingerprint density at radius 3 is 2.79 bits per heavy atom. The molecule has 1 aromatic carbocycles. The van der Waals surface area contributed by atoms with Gasteiger partial charge in [0, 0.05) is 16.7 Å². The number of benzene rings is 1. The van der Waals surface area contributed by atoms with Crippen molar-refractivity contribution in [1.29, 1.82) is 0 Å². The molecule has 0 aliphatic heterocycles. The Kier molecular flexibility index (Phi) is 6.51. The fraction of sp³-hybridized carbons (Fsp3) is 0.462. The zero-order valence-corrected chi connectivity index (χ0v) is 13.5. The number of hydrogen-bond donors (Lipinski definition) is 2. The van der Waals surface area contributed by atoms with Crippen LogP contribution >= 0.6 is 15.9 Å². The maximum absolute atomic E-state index is 12.3. The highest BCUT2D eigenvalue weighted by molar-refractivity contribution is 9.10. The first-order valence-electron chi connectivity index (χ1n) is 6.20. The lowest BCUT2D eigenvalue weighted by Crippen LogP contribution is -2.36. The molecule has 3 N–H and O–H groups in total. The molecular formula is C13H19BrN2O2S. The molecule has 1 rings (SSSR count). The third-order valence-corrected chi connectivity index (χ3v) is 5.26. The van der Waals surface area contributed by atoms with Gasteiger partial charge in [0.25, 0.3) is 0 Å². The summed E-state index contributed by atoms with van der Waals surface area (Å²) in [4.78, 5) is 12.5. The van der Waals surface area contributed by atoms with E-state index in [1.165, 1.54) is 0 Å². The average Bonchev–Trinajstić information content (AvgIpc) is 2.37. The van der Waals surface area contributed by atoms with E-state index in [4.69, 9.17) is 5.73 Å². The van der Waals surface area contributed by atoms with Crippen molar-refractivity contribution in [3.8, 4) is 0 Å². The van der Waals surface area contributed by atoms with E-state index in [1.807, 2.05) is 0 Å². The predicted octanol–water partition coefficient (Wildman–Crippen LogP) is 2.44. The van der Waals surface area contributed by atoms with Gasteiger partial charge in [0.1, 0.15) is 5.25 Å². The van der Waals surface area contributed by atoms with Crippen LogP contribution < -0.4 is 11.1 Å². The van der Waals surface area contributed by atoms with Crippen molar-refractivity contribution in [2.75, 3.05) is 12.3 Å². The summed E-state index contributed by atoms with van der Waals surface area (Å²) in [5.74, 6) is -0.185. The SMILES string of the molecule is CCCCNC(=O)C(C)S(=O)c1ccc(N)cc1Br. The van der Waals surface area contributed by atoms with Gasteiger partial charge in [0.15, 0.2) is 0 Å². The first-order valence-corrected chi connectivity index (χ1v) is 8.21. The molecule has 0 aromatic heterocycles. The van der Waals surface area contributed by atoms with Crippen LogP contribution in [-0.4, -0.2) is 21.9 Å². The van der Waals surface area contributed by atoms with E-state index in [0.29, 0.717) is 21.6 Å². The Morgan fingerprint density at radius 2 is 2.21 bits per heavy atom. The van der Waals surface area contributed by atoms with Crippen molar-refractivity contribution in [3.63, 3.8) is 0 Å². The molecule has 0 aliphatic rings. The highest BCUT2D eigenvalue weighted by Gasteiger charge is 2.22. The summed E-state index contributed by atoms with van der Waals surface area (Å²) in [6.45, 7) is 4.35. The van der Waals surface area contributed by atoms with E-state index >= 15 is 0 Å². The number of unbranched alkanes of at least 4 members (excludes halogenated alkanes) is 1. The van der Waals surface area contributed by atoms with Gasteiger partial charge < -0.3 is 11.1 Å². The smallest absolute Gasteiger partial charge is 0.235 e. The van der Waals surface area contributed by atoms with Crippen LogP contribution in [0.15, 0.2) is 27.6 Å². The van der Waals surface area contributed by atoms with Gasteiger partial charge in [-0.05, 0) is 47.5 Å². The lowest BCUT2D eigenvalue weighted by Gasteiger charge is -2.13. The largest absolute Gasteiger partial charge is 0.399 e. The normalized spacial score (nSPS) is 13.8. The van der Waals surface area contributed by atoms with Gasteiger partial charge >= 0.3 is 0 Å². The third kappa shape index (κ3) is 4.62. The summed E-state index contributed by atoms with van der Waals surface area (Å²) in [5, 5.41) is 2.21. The van der Waals surface area contributed by atoms with Gasteiger partial charge in [0.2, 0.25) is 5.91 Å². The van der Waals surface area contributed by atoms with E-state index in [0.717, 1.165) is 12.8 Å². The zero-order chi connectivity index (χ0) is 14.4. The molecule has 2 unspecified atom stereocenters. The molecule has 0 spiro atoms. The quantitative estimate of drug-likeness (QED) is 0.613. The lowest BCUT2D eigenvalue weighted by molar-refractivity contribution is -0.120. The maximum atomic E-state index is 12.3. The summed E-state index contributed by atoms with van der Waals surface area (Å²) >= 11 is 3.32. The van der Waals surface area contributed by atoms with E-state index in [9.17, 15) is 9.00 Å². The van der Waals surface area contributed by atoms with Crippen molar-refractivity contribution in [3.05, 3.63) is 22.7 Å². The Hall–Kier alpha value is -0.880. The van der Waals surface area contributed by atoms with Gasteiger partial charge in [-0.25, -0.2) is 0 Å². The summed E-state index contributed by atoms with van der Waals surface area (Å²) in [6, 6.07) is 5.06. The van der Waals surface area contributed by atoms with Crippen molar-refractivity contribution in [1.82, 2.24) is 5.32 Å². The Morgan fingerprint density at radius 1 is 1.53 bits per heavy atom. The number of nitrogen functional groups attached to an aromatic ring is 1. The Balaban J connectivity index is 2.73. The minimum Gasteiger partial charge on any atom is -0.399 e. The van der Waals surface area contributed by atoms with Crippen molar-refractivity contribution >= 4 is 38.3 Å². The summed E-state index contributed by atoms with van der Waals surface area (Å²) in [7, 11) is -1.40. The summed E-state index contributed by atoms with van der Waals surface area (Å²) < 4.78 is 13.0. The molecule has 1 aromatic rings. The maximum Gasteiger partial charge on any atom is 0.235 e.